The van der Waals surface area contributed by atoms with Gasteiger partial charge >= 0.3 is 0 Å². The number of halogens is 1. The van der Waals surface area contributed by atoms with Crippen molar-refractivity contribution < 1.29 is 13.9 Å². The van der Waals surface area contributed by atoms with Crippen molar-refractivity contribution in [1.82, 2.24) is 0 Å². The van der Waals surface area contributed by atoms with Gasteiger partial charge in [-0.1, -0.05) is 12.1 Å². The molecule has 0 radical (unpaired) electrons. The SMILES string of the molecule is Cc1cc(CCCC2OCCO2)ccc1F. The minimum atomic E-state index is -0.133. The summed E-state index contributed by atoms with van der Waals surface area (Å²) < 4.78 is 23.7. The zero-order chi connectivity index (χ0) is 11.4. The molecule has 0 unspecified atom stereocenters. The Kier molecular flexibility index (Phi) is 3.91. The quantitative estimate of drug-likeness (QED) is 0.783. The largest absolute Gasteiger partial charge is 0.350 e. The molecular weight excluding hydrogens is 207 g/mol. The maximum atomic E-state index is 13.0. The van der Waals surface area contributed by atoms with Crippen LogP contribution in [0, 0.1) is 12.7 Å². The molecule has 1 aliphatic rings. The number of rotatable bonds is 4. The van der Waals surface area contributed by atoms with Crippen molar-refractivity contribution in [2.75, 3.05) is 13.2 Å². The van der Waals surface area contributed by atoms with E-state index >= 15 is 0 Å². The van der Waals surface area contributed by atoms with Crippen molar-refractivity contribution in [3.8, 4) is 0 Å². The molecule has 0 bridgehead atoms. The maximum absolute atomic E-state index is 13.0. The summed E-state index contributed by atoms with van der Waals surface area (Å²) in [6.45, 7) is 3.21. The maximum Gasteiger partial charge on any atom is 0.157 e. The molecule has 0 spiro atoms. The van der Waals surface area contributed by atoms with Crippen molar-refractivity contribution in [2.24, 2.45) is 0 Å². The van der Waals surface area contributed by atoms with E-state index in [4.69, 9.17) is 9.47 Å². The van der Waals surface area contributed by atoms with E-state index in [1.165, 1.54) is 11.6 Å². The lowest BCUT2D eigenvalue weighted by Crippen LogP contribution is -2.07. The van der Waals surface area contributed by atoms with Crippen molar-refractivity contribution in [2.45, 2.75) is 32.5 Å². The third kappa shape index (κ3) is 3.03. The highest BCUT2D eigenvalue weighted by atomic mass is 19.1. The summed E-state index contributed by atoms with van der Waals surface area (Å²) in [6.07, 6.45) is 2.85. The van der Waals surface area contributed by atoms with Gasteiger partial charge in [-0.05, 0) is 43.4 Å². The first kappa shape index (κ1) is 11.6. The van der Waals surface area contributed by atoms with Crippen LogP contribution in [0.25, 0.3) is 0 Å². The molecule has 1 heterocycles. The Morgan fingerprint density at radius 2 is 2.06 bits per heavy atom. The Morgan fingerprint density at radius 3 is 2.75 bits per heavy atom. The minimum Gasteiger partial charge on any atom is -0.350 e. The first-order chi connectivity index (χ1) is 7.75. The molecule has 2 nitrogen and oxygen atoms in total. The van der Waals surface area contributed by atoms with Gasteiger partial charge in [0.15, 0.2) is 6.29 Å². The number of hydrogen-bond donors (Lipinski definition) is 0. The van der Waals surface area contributed by atoms with Crippen LogP contribution in [-0.2, 0) is 15.9 Å². The summed E-state index contributed by atoms with van der Waals surface area (Å²) in [5.41, 5.74) is 1.89. The molecule has 1 aromatic rings. The standard InChI is InChI=1S/C13H17FO2/c1-10-9-11(5-6-12(10)14)3-2-4-13-15-7-8-16-13/h5-6,9,13H,2-4,7-8H2,1H3. The van der Waals surface area contributed by atoms with Gasteiger partial charge in [0.1, 0.15) is 5.82 Å². The van der Waals surface area contributed by atoms with E-state index in [0.717, 1.165) is 19.3 Å². The minimum absolute atomic E-state index is 0.0263. The first-order valence-electron chi connectivity index (χ1n) is 5.74. The van der Waals surface area contributed by atoms with Crippen LogP contribution < -0.4 is 0 Å². The molecule has 1 aromatic carbocycles. The average Bonchev–Trinajstić information content (AvgIpc) is 2.76. The van der Waals surface area contributed by atoms with Gasteiger partial charge in [0.2, 0.25) is 0 Å². The van der Waals surface area contributed by atoms with Gasteiger partial charge in [0.05, 0.1) is 13.2 Å². The number of hydrogen-bond acceptors (Lipinski definition) is 2. The fraction of sp³-hybridized carbons (Fsp3) is 0.538. The number of aryl methyl sites for hydroxylation is 2. The lowest BCUT2D eigenvalue weighted by Gasteiger charge is -2.08. The Bertz CT molecular complexity index is 346. The molecule has 2 rings (SSSR count). The third-order valence-electron chi connectivity index (χ3n) is 2.82. The van der Waals surface area contributed by atoms with Crippen LogP contribution in [0.5, 0.6) is 0 Å². The zero-order valence-electron chi connectivity index (χ0n) is 9.54. The molecule has 16 heavy (non-hydrogen) atoms. The molecule has 0 aromatic heterocycles. The van der Waals surface area contributed by atoms with Gasteiger partial charge < -0.3 is 9.47 Å². The van der Waals surface area contributed by atoms with Crippen molar-refractivity contribution in [3.63, 3.8) is 0 Å². The molecule has 0 aliphatic carbocycles. The summed E-state index contributed by atoms with van der Waals surface area (Å²) in [4.78, 5) is 0. The normalized spacial score (nSPS) is 16.9. The third-order valence-corrected chi connectivity index (χ3v) is 2.82. The molecule has 1 fully saturated rings. The van der Waals surface area contributed by atoms with E-state index < -0.39 is 0 Å². The molecule has 0 atom stereocenters. The predicted molar refractivity (Wildman–Crippen MR) is 59.8 cm³/mol. The average molecular weight is 224 g/mol. The van der Waals surface area contributed by atoms with Gasteiger partial charge in [0, 0.05) is 0 Å². The first-order valence-corrected chi connectivity index (χ1v) is 5.74. The molecule has 0 amide bonds. The van der Waals surface area contributed by atoms with Gasteiger partial charge in [-0.25, -0.2) is 4.39 Å². The molecule has 0 N–H and O–H groups in total. The van der Waals surface area contributed by atoms with Crippen molar-refractivity contribution in [3.05, 3.63) is 35.1 Å². The lowest BCUT2D eigenvalue weighted by atomic mass is 10.1. The fourth-order valence-corrected chi connectivity index (χ4v) is 1.91. The Balaban J connectivity index is 1.78. The monoisotopic (exact) mass is 224 g/mol. The summed E-state index contributed by atoms with van der Waals surface area (Å²) >= 11 is 0. The predicted octanol–water partition coefficient (Wildman–Crippen LogP) is 2.83. The highest BCUT2D eigenvalue weighted by Gasteiger charge is 2.14. The van der Waals surface area contributed by atoms with Gasteiger partial charge in [-0.3, -0.25) is 0 Å². The van der Waals surface area contributed by atoms with Crippen LogP contribution >= 0.6 is 0 Å². The molecule has 0 saturated carbocycles. The lowest BCUT2D eigenvalue weighted by molar-refractivity contribution is -0.0475. The van der Waals surface area contributed by atoms with Crippen molar-refractivity contribution >= 4 is 0 Å². The van der Waals surface area contributed by atoms with Gasteiger partial charge in [0.25, 0.3) is 0 Å². The fourth-order valence-electron chi connectivity index (χ4n) is 1.91. The smallest absolute Gasteiger partial charge is 0.157 e. The van der Waals surface area contributed by atoms with E-state index in [2.05, 4.69) is 0 Å². The molecule has 1 aliphatic heterocycles. The van der Waals surface area contributed by atoms with Crippen LogP contribution in [0.1, 0.15) is 24.0 Å². The molecule has 1 saturated heterocycles. The van der Waals surface area contributed by atoms with E-state index in [1.807, 2.05) is 12.1 Å². The van der Waals surface area contributed by atoms with Crippen LogP contribution in [0.3, 0.4) is 0 Å². The van der Waals surface area contributed by atoms with E-state index in [-0.39, 0.29) is 12.1 Å². The summed E-state index contributed by atoms with van der Waals surface area (Å²) in [6, 6.07) is 5.29. The number of benzene rings is 1. The van der Waals surface area contributed by atoms with E-state index in [1.54, 1.807) is 6.92 Å². The second-order valence-electron chi connectivity index (χ2n) is 4.15. The van der Waals surface area contributed by atoms with E-state index in [0.29, 0.717) is 18.8 Å². The van der Waals surface area contributed by atoms with Gasteiger partial charge in [-0.15, -0.1) is 0 Å². The molecule has 3 heteroatoms. The Labute approximate surface area is 95.4 Å². The zero-order valence-corrected chi connectivity index (χ0v) is 9.54. The number of ether oxygens (including phenoxy) is 2. The van der Waals surface area contributed by atoms with Gasteiger partial charge in [-0.2, -0.15) is 0 Å². The highest BCUT2D eigenvalue weighted by molar-refractivity contribution is 5.23. The Morgan fingerprint density at radius 1 is 1.31 bits per heavy atom. The molecule has 88 valence electrons. The topological polar surface area (TPSA) is 18.5 Å². The van der Waals surface area contributed by atoms with E-state index in [9.17, 15) is 4.39 Å². The summed E-state index contributed by atoms with van der Waals surface area (Å²) in [5.74, 6) is -0.133. The highest BCUT2D eigenvalue weighted by Crippen LogP contribution is 2.15. The second kappa shape index (κ2) is 5.41. The summed E-state index contributed by atoms with van der Waals surface area (Å²) in [5, 5.41) is 0. The second-order valence-corrected chi connectivity index (χ2v) is 4.15. The van der Waals surface area contributed by atoms with Crippen LogP contribution in [-0.4, -0.2) is 19.5 Å². The molecular formula is C13H17FO2. The van der Waals surface area contributed by atoms with Crippen LogP contribution in [0.15, 0.2) is 18.2 Å². The van der Waals surface area contributed by atoms with Crippen LogP contribution in [0.2, 0.25) is 0 Å². The summed E-state index contributed by atoms with van der Waals surface area (Å²) in [7, 11) is 0. The van der Waals surface area contributed by atoms with Crippen molar-refractivity contribution in [1.29, 1.82) is 0 Å². The Hall–Kier alpha value is -0.930. The van der Waals surface area contributed by atoms with Crippen LogP contribution in [0.4, 0.5) is 4.39 Å².